The van der Waals surface area contributed by atoms with Crippen LogP contribution in [0.25, 0.3) is 0 Å². The molecule has 0 heterocycles. The first-order chi connectivity index (χ1) is 13.2. The number of allylic oxidation sites excluding steroid dienone is 2. The fourth-order valence-electron chi connectivity index (χ4n) is 3.82. The number of esters is 1. The molecule has 156 valence electrons. The van der Waals surface area contributed by atoms with Gasteiger partial charge in [-0.1, -0.05) is 76.9 Å². The molecule has 0 spiro atoms. The van der Waals surface area contributed by atoms with Gasteiger partial charge >= 0.3 is 11.9 Å². The minimum Gasteiger partial charge on any atom is -0.481 e. The number of aliphatic carboxylic acids is 1. The standard InChI is InChI=1S/C23H40O4/c1-2-3-4-5-6-7-8-9-10-11-12-13-16-19-27-23(26)21-18-15-14-17-20(21)22(24)25/h4-5,20-21H,2-3,6-19H2,1H3,(H,24,25)/b5-4+. The van der Waals surface area contributed by atoms with Gasteiger partial charge in [0.2, 0.25) is 0 Å². The molecular formula is C23H40O4. The number of carbonyl (C=O) groups is 2. The highest BCUT2D eigenvalue weighted by atomic mass is 16.5. The Morgan fingerprint density at radius 1 is 0.852 bits per heavy atom. The largest absolute Gasteiger partial charge is 0.481 e. The summed E-state index contributed by atoms with van der Waals surface area (Å²) in [6.45, 7) is 2.64. The number of carbonyl (C=O) groups excluding carboxylic acids is 1. The Kier molecular flexibility index (Phi) is 13.8. The van der Waals surface area contributed by atoms with E-state index in [0.29, 0.717) is 19.4 Å². The van der Waals surface area contributed by atoms with Gasteiger partial charge in [-0.15, -0.1) is 0 Å². The van der Waals surface area contributed by atoms with Crippen molar-refractivity contribution in [1.82, 2.24) is 0 Å². The molecule has 1 aliphatic rings. The molecule has 0 bridgehead atoms. The molecule has 1 rings (SSSR count). The summed E-state index contributed by atoms with van der Waals surface area (Å²) in [4.78, 5) is 23.4. The van der Waals surface area contributed by atoms with Crippen LogP contribution in [-0.2, 0) is 14.3 Å². The Bertz CT molecular complexity index is 430. The van der Waals surface area contributed by atoms with Gasteiger partial charge in [-0.05, 0) is 38.5 Å². The van der Waals surface area contributed by atoms with Crippen molar-refractivity contribution >= 4 is 11.9 Å². The zero-order valence-electron chi connectivity index (χ0n) is 17.3. The summed E-state index contributed by atoms with van der Waals surface area (Å²) in [7, 11) is 0. The average molecular weight is 381 g/mol. The van der Waals surface area contributed by atoms with Gasteiger partial charge in [-0.3, -0.25) is 9.59 Å². The maximum atomic E-state index is 12.1. The molecule has 1 fully saturated rings. The molecule has 1 aliphatic carbocycles. The van der Waals surface area contributed by atoms with E-state index in [0.717, 1.165) is 25.7 Å². The van der Waals surface area contributed by atoms with Crippen LogP contribution in [0.15, 0.2) is 12.2 Å². The second-order valence-electron chi connectivity index (χ2n) is 7.88. The van der Waals surface area contributed by atoms with Crippen LogP contribution in [0.2, 0.25) is 0 Å². The highest BCUT2D eigenvalue weighted by Gasteiger charge is 2.36. The Labute approximate surface area is 165 Å². The molecule has 0 radical (unpaired) electrons. The molecule has 0 amide bonds. The van der Waals surface area contributed by atoms with Crippen LogP contribution in [0.4, 0.5) is 0 Å². The van der Waals surface area contributed by atoms with Gasteiger partial charge in [0.15, 0.2) is 0 Å². The summed E-state index contributed by atoms with van der Waals surface area (Å²) >= 11 is 0. The second kappa shape index (κ2) is 15.7. The summed E-state index contributed by atoms with van der Waals surface area (Å²) in [5.41, 5.74) is 0. The van der Waals surface area contributed by atoms with Crippen LogP contribution in [0, 0.1) is 11.8 Å². The monoisotopic (exact) mass is 380 g/mol. The topological polar surface area (TPSA) is 63.6 Å². The second-order valence-corrected chi connectivity index (χ2v) is 7.88. The quantitative estimate of drug-likeness (QED) is 0.206. The van der Waals surface area contributed by atoms with Crippen molar-refractivity contribution in [3.8, 4) is 0 Å². The molecule has 1 N–H and O–H groups in total. The van der Waals surface area contributed by atoms with E-state index in [-0.39, 0.29) is 5.97 Å². The molecule has 1 saturated carbocycles. The maximum absolute atomic E-state index is 12.1. The summed E-state index contributed by atoms with van der Waals surface area (Å²) in [6.07, 6.45) is 21.0. The Morgan fingerprint density at radius 2 is 1.41 bits per heavy atom. The van der Waals surface area contributed by atoms with Crippen molar-refractivity contribution in [3.05, 3.63) is 12.2 Å². The van der Waals surface area contributed by atoms with E-state index in [4.69, 9.17) is 4.74 Å². The molecular weight excluding hydrogens is 340 g/mol. The fourth-order valence-corrected chi connectivity index (χ4v) is 3.82. The van der Waals surface area contributed by atoms with E-state index < -0.39 is 17.8 Å². The van der Waals surface area contributed by atoms with Crippen molar-refractivity contribution in [3.63, 3.8) is 0 Å². The molecule has 0 aromatic heterocycles. The lowest BCUT2D eigenvalue weighted by molar-refractivity contribution is -0.159. The lowest BCUT2D eigenvalue weighted by Gasteiger charge is -2.26. The molecule has 0 aromatic rings. The zero-order valence-corrected chi connectivity index (χ0v) is 17.3. The van der Waals surface area contributed by atoms with Crippen molar-refractivity contribution in [2.45, 2.75) is 103 Å². The minimum atomic E-state index is -0.853. The first kappa shape index (κ1) is 23.7. The van der Waals surface area contributed by atoms with E-state index in [1.54, 1.807) is 0 Å². The SMILES string of the molecule is CCC/C=C/CCCCCCCCCCOC(=O)C1CCCCC1C(=O)O. The number of hydrogen-bond donors (Lipinski definition) is 1. The Balaban J connectivity index is 1.93. The molecule has 0 aliphatic heterocycles. The van der Waals surface area contributed by atoms with Crippen LogP contribution in [0.5, 0.6) is 0 Å². The van der Waals surface area contributed by atoms with Crippen LogP contribution < -0.4 is 0 Å². The van der Waals surface area contributed by atoms with Gasteiger partial charge in [-0.2, -0.15) is 0 Å². The first-order valence-corrected chi connectivity index (χ1v) is 11.2. The van der Waals surface area contributed by atoms with E-state index >= 15 is 0 Å². The predicted octanol–water partition coefficient (Wildman–Crippen LogP) is 6.29. The fraction of sp³-hybridized carbons (Fsp3) is 0.826. The molecule has 0 aromatic carbocycles. The van der Waals surface area contributed by atoms with Gasteiger partial charge < -0.3 is 9.84 Å². The van der Waals surface area contributed by atoms with E-state index in [1.807, 2.05) is 0 Å². The number of rotatable bonds is 15. The summed E-state index contributed by atoms with van der Waals surface area (Å²) in [6, 6.07) is 0. The van der Waals surface area contributed by atoms with Crippen LogP contribution in [0.1, 0.15) is 103 Å². The van der Waals surface area contributed by atoms with E-state index in [2.05, 4.69) is 19.1 Å². The Hall–Kier alpha value is -1.32. The van der Waals surface area contributed by atoms with Gasteiger partial charge in [-0.25, -0.2) is 0 Å². The predicted molar refractivity (Wildman–Crippen MR) is 110 cm³/mol. The molecule has 4 nitrogen and oxygen atoms in total. The minimum absolute atomic E-state index is 0.296. The van der Waals surface area contributed by atoms with Crippen molar-refractivity contribution in [2.75, 3.05) is 6.61 Å². The molecule has 0 saturated heterocycles. The molecule has 2 unspecified atom stereocenters. The van der Waals surface area contributed by atoms with Gasteiger partial charge in [0.05, 0.1) is 18.4 Å². The normalized spacial score (nSPS) is 20.0. The molecule has 2 atom stereocenters. The smallest absolute Gasteiger partial charge is 0.309 e. The van der Waals surface area contributed by atoms with Crippen LogP contribution >= 0.6 is 0 Å². The number of unbranched alkanes of at least 4 members (excludes halogenated alkanes) is 9. The average Bonchev–Trinajstić information content (AvgIpc) is 2.68. The Morgan fingerprint density at radius 3 is 2.04 bits per heavy atom. The van der Waals surface area contributed by atoms with E-state index in [1.165, 1.54) is 57.8 Å². The molecule has 4 heteroatoms. The van der Waals surface area contributed by atoms with Gasteiger partial charge in [0.1, 0.15) is 0 Å². The zero-order chi connectivity index (χ0) is 19.7. The van der Waals surface area contributed by atoms with Gasteiger partial charge in [0, 0.05) is 0 Å². The summed E-state index contributed by atoms with van der Waals surface area (Å²) in [5.74, 6) is -2.13. The lowest BCUT2D eigenvalue weighted by Crippen LogP contribution is -2.33. The molecule has 27 heavy (non-hydrogen) atoms. The van der Waals surface area contributed by atoms with Crippen LogP contribution in [-0.4, -0.2) is 23.7 Å². The highest BCUT2D eigenvalue weighted by molar-refractivity contribution is 5.81. The number of ether oxygens (including phenoxy) is 1. The third-order valence-electron chi connectivity index (χ3n) is 5.52. The lowest BCUT2D eigenvalue weighted by atomic mass is 9.79. The summed E-state index contributed by atoms with van der Waals surface area (Å²) in [5, 5.41) is 9.24. The van der Waals surface area contributed by atoms with Crippen LogP contribution in [0.3, 0.4) is 0 Å². The third-order valence-corrected chi connectivity index (χ3v) is 5.52. The van der Waals surface area contributed by atoms with Crippen molar-refractivity contribution in [1.29, 1.82) is 0 Å². The first-order valence-electron chi connectivity index (χ1n) is 11.2. The van der Waals surface area contributed by atoms with Crippen molar-refractivity contribution < 1.29 is 19.4 Å². The number of carboxylic acids is 1. The van der Waals surface area contributed by atoms with E-state index in [9.17, 15) is 14.7 Å². The number of carboxylic acid groups (broad SMARTS) is 1. The van der Waals surface area contributed by atoms with Crippen molar-refractivity contribution in [2.24, 2.45) is 11.8 Å². The van der Waals surface area contributed by atoms with Gasteiger partial charge in [0.25, 0.3) is 0 Å². The third kappa shape index (κ3) is 11.2. The summed E-state index contributed by atoms with van der Waals surface area (Å²) < 4.78 is 5.35. The highest BCUT2D eigenvalue weighted by Crippen LogP contribution is 2.31. The maximum Gasteiger partial charge on any atom is 0.309 e. The number of hydrogen-bond acceptors (Lipinski definition) is 3.